The van der Waals surface area contributed by atoms with E-state index in [9.17, 15) is 18.5 Å². The van der Waals surface area contributed by atoms with Crippen molar-refractivity contribution in [3.8, 4) is 0 Å². The van der Waals surface area contributed by atoms with E-state index in [4.69, 9.17) is 0 Å². The molecule has 0 aliphatic heterocycles. The number of nitrogens with one attached hydrogen (secondary N) is 1. The fourth-order valence-corrected chi connectivity index (χ4v) is 3.09. The van der Waals surface area contributed by atoms with E-state index in [1.54, 1.807) is 0 Å². The molecule has 7 nitrogen and oxygen atoms in total. The third kappa shape index (κ3) is 3.78. The van der Waals surface area contributed by atoms with Gasteiger partial charge in [0.2, 0.25) is 0 Å². The van der Waals surface area contributed by atoms with Crippen LogP contribution in [0.2, 0.25) is 0 Å². The minimum Gasteiger partial charge on any atom is -0.258 e. The average molecular weight is 311 g/mol. The molecule has 1 aliphatic rings. The summed E-state index contributed by atoms with van der Waals surface area (Å²) in [4.78, 5) is 12.1. The molecule has 114 valence electrons. The number of nitrogens with zero attached hydrogens (tertiary/aromatic N) is 2. The maximum Gasteiger partial charge on any atom is 0.276 e. The van der Waals surface area contributed by atoms with Gasteiger partial charge in [-0.05, 0) is 37.3 Å². The van der Waals surface area contributed by atoms with Crippen molar-refractivity contribution in [3.05, 3.63) is 34.4 Å². The topological polar surface area (TPSA) is 102 Å². The number of hydrogen-bond donors (Lipinski definition) is 1. The van der Waals surface area contributed by atoms with Gasteiger partial charge in [-0.15, -0.1) is 0 Å². The van der Waals surface area contributed by atoms with Crippen LogP contribution in [0.4, 0.5) is 5.69 Å². The van der Waals surface area contributed by atoms with Crippen LogP contribution in [-0.4, -0.2) is 19.1 Å². The Labute approximate surface area is 123 Å². The number of rotatable bonds is 4. The molecule has 0 aromatic heterocycles. The molecule has 8 heteroatoms. The summed E-state index contributed by atoms with van der Waals surface area (Å²) in [5, 5.41) is 14.6. The second kappa shape index (κ2) is 6.21. The molecule has 1 unspecified atom stereocenters. The Balaban J connectivity index is 2.14. The van der Waals surface area contributed by atoms with Gasteiger partial charge < -0.3 is 0 Å². The van der Waals surface area contributed by atoms with Gasteiger partial charge in [-0.1, -0.05) is 13.3 Å². The number of benzene rings is 1. The lowest BCUT2D eigenvalue weighted by Crippen LogP contribution is -2.24. The summed E-state index contributed by atoms with van der Waals surface area (Å²) in [5.74, 6) is 0.276. The van der Waals surface area contributed by atoms with Crippen molar-refractivity contribution in [1.82, 2.24) is 4.83 Å². The number of sulfonamides is 1. The lowest BCUT2D eigenvalue weighted by atomic mass is 9.89. The van der Waals surface area contributed by atoms with E-state index < -0.39 is 14.9 Å². The smallest absolute Gasteiger partial charge is 0.258 e. The molecule has 1 aromatic rings. The summed E-state index contributed by atoms with van der Waals surface area (Å²) < 4.78 is 24.1. The van der Waals surface area contributed by atoms with Gasteiger partial charge in [-0.2, -0.15) is 13.5 Å². The normalized spacial score (nSPS) is 21.2. The molecule has 1 aromatic carbocycles. The quantitative estimate of drug-likeness (QED) is 0.681. The Morgan fingerprint density at radius 3 is 2.52 bits per heavy atom. The number of hydrazone groups is 1. The molecule has 1 aliphatic carbocycles. The molecule has 0 radical (unpaired) electrons. The third-order valence-electron chi connectivity index (χ3n) is 3.56. The highest BCUT2D eigenvalue weighted by atomic mass is 32.2. The zero-order chi connectivity index (χ0) is 15.5. The van der Waals surface area contributed by atoms with Gasteiger partial charge >= 0.3 is 0 Å². The van der Waals surface area contributed by atoms with Crippen LogP contribution in [0.1, 0.15) is 32.6 Å². The lowest BCUT2D eigenvalue weighted by molar-refractivity contribution is -0.384. The molecule has 1 saturated carbocycles. The number of nitro benzene ring substituents is 1. The molecular formula is C13H17N3O4S. The zero-order valence-corrected chi connectivity index (χ0v) is 12.5. The minimum absolute atomic E-state index is 0.0408. The molecule has 1 N–H and O–H groups in total. The van der Waals surface area contributed by atoms with Crippen LogP contribution in [0.3, 0.4) is 0 Å². The Hall–Kier alpha value is -1.96. The second-order valence-corrected chi connectivity index (χ2v) is 6.76. The zero-order valence-electron chi connectivity index (χ0n) is 11.7. The van der Waals surface area contributed by atoms with Crippen LogP contribution >= 0.6 is 0 Å². The highest BCUT2D eigenvalue weighted by molar-refractivity contribution is 7.89. The average Bonchev–Trinajstić information content (AvgIpc) is 2.46. The monoisotopic (exact) mass is 311 g/mol. The van der Waals surface area contributed by atoms with Crippen LogP contribution in [0.25, 0.3) is 0 Å². The highest BCUT2D eigenvalue weighted by Gasteiger charge is 2.19. The van der Waals surface area contributed by atoms with Crippen molar-refractivity contribution in [2.45, 2.75) is 37.5 Å². The third-order valence-corrected chi connectivity index (χ3v) is 4.78. The fourth-order valence-electron chi connectivity index (χ4n) is 2.25. The molecule has 1 fully saturated rings. The SMILES string of the molecule is CC1CCCCC1=NNS(=O)(=O)c1ccc([N+](=O)[O-])cc1. The first kappa shape index (κ1) is 15.4. The van der Waals surface area contributed by atoms with Gasteiger partial charge in [-0.25, -0.2) is 4.83 Å². The lowest BCUT2D eigenvalue weighted by Gasteiger charge is -2.19. The summed E-state index contributed by atoms with van der Waals surface area (Å²) in [6.07, 6.45) is 3.96. The van der Waals surface area contributed by atoms with Crippen LogP contribution < -0.4 is 4.83 Å². The van der Waals surface area contributed by atoms with Gasteiger partial charge in [0.25, 0.3) is 15.7 Å². The molecule has 0 heterocycles. The van der Waals surface area contributed by atoms with Crippen molar-refractivity contribution in [2.75, 3.05) is 0 Å². The number of nitro groups is 1. The van der Waals surface area contributed by atoms with Crippen LogP contribution in [-0.2, 0) is 10.0 Å². The van der Waals surface area contributed by atoms with E-state index in [2.05, 4.69) is 9.93 Å². The van der Waals surface area contributed by atoms with E-state index in [0.29, 0.717) is 0 Å². The predicted octanol–water partition coefficient (Wildman–Crippen LogP) is 2.44. The second-order valence-electron chi connectivity index (χ2n) is 5.10. The number of hydrogen-bond acceptors (Lipinski definition) is 5. The number of non-ortho nitro benzene ring substituents is 1. The van der Waals surface area contributed by atoms with E-state index in [1.807, 2.05) is 6.92 Å². The summed E-state index contributed by atoms with van der Waals surface area (Å²) in [5.41, 5.74) is 0.702. The molecule has 21 heavy (non-hydrogen) atoms. The van der Waals surface area contributed by atoms with E-state index >= 15 is 0 Å². The summed E-state index contributed by atoms with van der Waals surface area (Å²) >= 11 is 0. The predicted molar refractivity (Wildman–Crippen MR) is 78.5 cm³/mol. The summed E-state index contributed by atoms with van der Waals surface area (Å²) in [6, 6.07) is 4.71. The Morgan fingerprint density at radius 1 is 1.29 bits per heavy atom. The molecule has 0 amide bonds. The Kier molecular flexibility index (Phi) is 4.56. The van der Waals surface area contributed by atoms with Gasteiger partial charge in [0.1, 0.15) is 0 Å². The first-order chi connectivity index (χ1) is 9.90. The van der Waals surface area contributed by atoms with Crippen molar-refractivity contribution < 1.29 is 13.3 Å². The van der Waals surface area contributed by atoms with E-state index in [1.165, 1.54) is 12.1 Å². The first-order valence-electron chi connectivity index (χ1n) is 6.73. The highest BCUT2D eigenvalue weighted by Crippen LogP contribution is 2.21. The molecular weight excluding hydrogens is 294 g/mol. The van der Waals surface area contributed by atoms with Gasteiger partial charge in [-0.3, -0.25) is 10.1 Å². The van der Waals surface area contributed by atoms with Gasteiger partial charge in [0.15, 0.2) is 0 Å². The van der Waals surface area contributed by atoms with Crippen molar-refractivity contribution >= 4 is 21.4 Å². The van der Waals surface area contributed by atoms with Crippen molar-refractivity contribution in [2.24, 2.45) is 11.0 Å². The molecule has 2 rings (SSSR count). The van der Waals surface area contributed by atoms with Crippen molar-refractivity contribution in [3.63, 3.8) is 0 Å². The van der Waals surface area contributed by atoms with Gasteiger partial charge in [0, 0.05) is 17.8 Å². The van der Waals surface area contributed by atoms with Crippen molar-refractivity contribution in [1.29, 1.82) is 0 Å². The molecule has 1 atom stereocenters. The van der Waals surface area contributed by atoms with E-state index in [0.717, 1.165) is 43.5 Å². The Bertz CT molecular complexity index is 652. The largest absolute Gasteiger partial charge is 0.276 e. The summed E-state index contributed by atoms with van der Waals surface area (Å²) in [7, 11) is -3.79. The molecule has 0 bridgehead atoms. The maximum absolute atomic E-state index is 12.1. The maximum atomic E-state index is 12.1. The Morgan fingerprint density at radius 2 is 1.95 bits per heavy atom. The standard InChI is InChI=1S/C13H17N3O4S/c1-10-4-2-3-5-13(10)14-15-21(19,20)12-8-6-11(7-9-12)16(17)18/h6-10,15H,2-5H2,1H3. The molecule has 0 spiro atoms. The van der Waals surface area contributed by atoms with Crippen LogP contribution in [0, 0.1) is 16.0 Å². The van der Waals surface area contributed by atoms with E-state index in [-0.39, 0.29) is 16.5 Å². The first-order valence-corrected chi connectivity index (χ1v) is 8.21. The van der Waals surface area contributed by atoms with Crippen LogP contribution in [0.15, 0.2) is 34.3 Å². The molecule has 0 saturated heterocycles. The fraction of sp³-hybridized carbons (Fsp3) is 0.462. The summed E-state index contributed by atoms with van der Waals surface area (Å²) in [6.45, 7) is 2.03. The minimum atomic E-state index is -3.79. The van der Waals surface area contributed by atoms with Crippen LogP contribution in [0.5, 0.6) is 0 Å². The van der Waals surface area contributed by atoms with Gasteiger partial charge in [0.05, 0.1) is 9.82 Å².